The molecule has 2 nitrogen and oxygen atoms in total. The molecule has 0 bridgehead atoms. The average molecular weight is 234 g/mol. The van der Waals surface area contributed by atoms with Gasteiger partial charge in [-0.1, -0.05) is 11.6 Å². The number of thioether (sulfide) groups is 1. The Bertz CT molecular complexity index is 357. The fourth-order valence-corrected chi connectivity index (χ4v) is 2.40. The molecule has 0 radical (unpaired) electrons. The van der Waals surface area contributed by atoms with Gasteiger partial charge in [-0.3, -0.25) is 0 Å². The first-order valence-electron chi connectivity index (χ1n) is 4.16. The first-order chi connectivity index (χ1) is 6.66. The van der Waals surface area contributed by atoms with E-state index in [1.54, 1.807) is 17.8 Å². The third-order valence-corrected chi connectivity index (χ3v) is 3.46. The summed E-state index contributed by atoms with van der Waals surface area (Å²) in [6, 6.07) is 2.82. The minimum atomic E-state index is -0.474. The van der Waals surface area contributed by atoms with Gasteiger partial charge in [0.1, 0.15) is 5.82 Å². The zero-order valence-corrected chi connectivity index (χ0v) is 8.87. The number of rotatable bonds is 2. The van der Waals surface area contributed by atoms with Crippen LogP contribution < -0.4 is 5.73 Å². The van der Waals surface area contributed by atoms with Crippen molar-refractivity contribution in [3.63, 3.8) is 0 Å². The number of benzene rings is 1. The Morgan fingerprint density at radius 2 is 2.21 bits per heavy atom. The number of nitrogens with two attached hydrogens (primary N) is 1. The smallest absolute Gasteiger partial charge is 0.143 e. The van der Waals surface area contributed by atoms with Crippen LogP contribution in [0.1, 0.15) is 0 Å². The normalized spacial score (nSPS) is 16.7. The van der Waals surface area contributed by atoms with Crippen LogP contribution in [-0.2, 0) is 4.74 Å². The minimum absolute atomic E-state index is 0.113. The molecule has 1 aromatic rings. The number of anilines is 1. The molecule has 1 fully saturated rings. The molecule has 0 amide bonds. The van der Waals surface area contributed by atoms with Crippen LogP contribution in [0.2, 0.25) is 5.02 Å². The van der Waals surface area contributed by atoms with E-state index in [1.165, 1.54) is 6.07 Å². The summed E-state index contributed by atoms with van der Waals surface area (Å²) in [6.45, 7) is 1.44. The summed E-state index contributed by atoms with van der Waals surface area (Å²) >= 11 is 7.23. The van der Waals surface area contributed by atoms with Gasteiger partial charge in [-0.15, -0.1) is 11.8 Å². The minimum Gasteiger partial charge on any atom is -0.398 e. The third kappa shape index (κ3) is 1.97. The predicted molar refractivity (Wildman–Crippen MR) is 56.3 cm³/mol. The second-order valence-electron chi connectivity index (χ2n) is 3.08. The van der Waals surface area contributed by atoms with Gasteiger partial charge >= 0.3 is 0 Å². The maximum absolute atomic E-state index is 12.9. The first-order valence-corrected chi connectivity index (χ1v) is 5.41. The lowest BCUT2D eigenvalue weighted by Gasteiger charge is -2.25. The highest BCUT2D eigenvalue weighted by molar-refractivity contribution is 8.00. The number of hydrogen-bond acceptors (Lipinski definition) is 3. The van der Waals surface area contributed by atoms with Gasteiger partial charge in [0.15, 0.2) is 0 Å². The SMILES string of the molecule is Nc1cc(F)c(Cl)cc1SC1COC1. The molecular formula is C9H9ClFNOS. The van der Waals surface area contributed by atoms with Crippen LogP contribution in [0, 0.1) is 5.82 Å². The second kappa shape index (κ2) is 3.96. The lowest BCUT2D eigenvalue weighted by molar-refractivity contribution is 0.0455. The van der Waals surface area contributed by atoms with E-state index in [0.29, 0.717) is 10.9 Å². The molecule has 2 rings (SSSR count). The highest BCUT2D eigenvalue weighted by Gasteiger charge is 2.21. The van der Waals surface area contributed by atoms with E-state index in [9.17, 15) is 4.39 Å². The van der Waals surface area contributed by atoms with Gasteiger partial charge in [0.2, 0.25) is 0 Å². The van der Waals surface area contributed by atoms with E-state index in [0.717, 1.165) is 18.1 Å². The summed E-state index contributed by atoms with van der Waals surface area (Å²) in [7, 11) is 0. The number of hydrogen-bond donors (Lipinski definition) is 1. The molecule has 1 aromatic carbocycles. The lowest BCUT2D eigenvalue weighted by Crippen LogP contribution is -2.30. The van der Waals surface area contributed by atoms with Crippen LogP contribution >= 0.6 is 23.4 Å². The molecule has 2 N–H and O–H groups in total. The number of ether oxygens (including phenoxy) is 1. The zero-order chi connectivity index (χ0) is 10.1. The molecule has 0 aliphatic carbocycles. The molecule has 0 saturated carbocycles. The van der Waals surface area contributed by atoms with Crippen LogP contribution in [0.4, 0.5) is 10.1 Å². The quantitative estimate of drug-likeness (QED) is 0.798. The Morgan fingerprint density at radius 3 is 2.79 bits per heavy atom. The van der Waals surface area contributed by atoms with Gasteiger partial charge in [-0.25, -0.2) is 4.39 Å². The Balaban J connectivity index is 2.19. The lowest BCUT2D eigenvalue weighted by atomic mass is 10.3. The topological polar surface area (TPSA) is 35.2 Å². The third-order valence-electron chi connectivity index (χ3n) is 1.95. The molecule has 1 aliphatic rings. The van der Waals surface area contributed by atoms with Crippen molar-refractivity contribution in [2.75, 3.05) is 18.9 Å². The molecule has 0 aromatic heterocycles. The largest absolute Gasteiger partial charge is 0.398 e. The highest BCUT2D eigenvalue weighted by Crippen LogP contribution is 2.34. The first kappa shape index (κ1) is 10.1. The molecule has 0 spiro atoms. The Hall–Kier alpha value is -0.450. The van der Waals surface area contributed by atoms with E-state index >= 15 is 0 Å². The summed E-state index contributed by atoms with van der Waals surface area (Å²) in [5.74, 6) is -0.474. The van der Waals surface area contributed by atoms with Crippen molar-refractivity contribution in [3.05, 3.63) is 23.0 Å². The van der Waals surface area contributed by atoms with Gasteiger partial charge < -0.3 is 10.5 Å². The molecule has 0 unspecified atom stereocenters. The van der Waals surface area contributed by atoms with Crippen LogP contribution in [0.25, 0.3) is 0 Å². The molecular weight excluding hydrogens is 225 g/mol. The Morgan fingerprint density at radius 1 is 1.50 bits per heavy atom. The fourth-order valence-electron chi connectivity index (χ4n) is 1.11. The maximum Gasteiger partial charge on any atom is 0.143 e. The van der Waals surface area contributed by atoms with E-state index in [4.69, 9.17) is 22.1 Å². The molecule has 1 aliphatic heterocycles. The van der Waals surface area contributed by atoms with Crippen molar-refractivity contribution >= 4 is 29.1 Å². The predicted octanol–water partition coefficient (Wildman–Crippen LogP) is 2.55. The van der Waals surface area contributed by atoms with Gasteiger partial charge in [-0.2, -0.15) is 0 Å². The van der Waals surface area contributed by atoms with Gasteiger partial charge in [0.05, 0.1) is 23.5 Å². The van der Waals surface area contributed by atoms with Crippen molar-refractivity contribution < 1.29 is 9.13 Å². The van der Waals surface area contributed by atoms with Crippen LogP contribution in [0.3, 0.4) is 0 Å². The number of nitrogen functional groups attached to an aromatic ring is 1. The summed E-state index contributed by atoms with van der Waals surface area (Å²) < 4.78 is 18.0. The van der Waals surface area contributed by atoms with Gasteiger partial charge in [0.25, 0.3) is 0 Å². The molecule has 5 heteroatoms. The Labute approximate surface area is 90.6 Å². The van der Waals surface area contributed by atoms with Crippen molar-refractivity contribution in [1.29, 1.82) is 0 Å². The highest BCUT2D eigenvalue weighted by atomic mass is 35.5. The molecule has 1 heterocycles. The van der Waals surface area contributed by atoms with Crippen molar-refractivity contribution in [1.82, 2.24) is 0 Å². The summed E-state index contributed by atoms with van der Waals surface area (Å²) in [5.41, 5.74) is 6.09. The fraction of sp³-hybridized carbons (Fsp3) is 0.333. The van der Waals surface area contributed by atoms with Crippen LogP contribution in [0.5, 0.6) is 0 Å². The summed E-state index contributed by atoms with van der Waals surface area (Å²) in [5, 5.41) is 0.528. The molecule has 0 atom stereocenters. The van der Waals surface area contributed by atoms with E-state index in [1.807, 2.05) is 0 Å². The van der Waals surface area contributed by atoms with Crippen molar-refractivity contribution in [2.45, 2.75) is 10.1 Å². The Kier molecular flexibility index (Phi) is 2.85. The van der Waals surface area contributed by atoms with E-state index < -0.39 is 5.82 Å². The van der Waals surface area contributed by atoms with Gasteiger partial charge in [-0.05, 0) is 12.1 Å². The molecule has 1 saturated heterocycles. The van der Waals surface area contributed by atoms with Crippen molar-refractivity contribution in [3.8, 4) is 0 Å². The molecule has 14 heavy (non-hydrogen) atoms. The average Bonchev–Trinajstić information content (AvgIpc) is 2.06. The van der Waals surface area contributed by atoms with Crippen LogP contribution in [0.15, 0.2) is 17.0 Å². The van der Waals surface area contributed by atoms with E-state index in [-0.39, 0.29) is 5.02 Å². The standard InChI is InChI=1S/C9H9ClFNOS/c10-6-1-9(8(12)2-7(6)11)14-5-3-13-4-5/h1-2,5H,3-4,12H2. The van der Waals surface area contributed by atoms with Gasteiger partial charge in [0, 0.05) is 10.6 Å². The van der Waals surface area contributed by atoms with E-state index in [2.05, 4.69) is 0 Å². The monoisotopic (exact) mass is 233 g/mol. The molecule has 76 valence electrons. The van der Waals surface area contributed by atoms with Crippen LogP contribution in [-0.4, -0.2) is 18.5 Å². The van der Waals surface area contributed by atoms with Crippen molar-refractivity contribution in [2.24, 2.45) is 0 Å². The summed E-state index contributed by atoms with van der Waals surface area (Å²) in [4.78, 5) is 0.824. The maximum atomic E-state index is 12.9. The number of halogens is 2. The zero-order valence-electron chi connectivity index (χ0n) is 7.30. The summed E-state index contributed by atoms with van der Waals surface area (Å²) in [6.07, 6.45) is 0. The second-order valence-corrected chi connectivity index (χ2v) is 4.83.